The van der Waals surface area contributed by atoms with Crippen molar-refractivity contribution in [2.24, 2.45) is 11.7 Å². The van der Waals surface area contributed by atoms with E-state index in [-0.39, 0.29) is 16.7 Å². The number of nitrogens with two attached hydrogens (primary N) is 1. The maximum absolute atomic E-state index is 10.5. The van der Waals surface area contributed by atoms with Crippen molar-refractivity contribution in [2.45, 2.75) is 12.5 Å². The Morgan fingerprint density at radius 3 is 2.56 bits per heavy atom. The van der Waals surface area contributed by atoms with Gasteiger partial charge in [0.05, 0.1) is 4.92 Å². The van der Waals surface area contributed by atoms with Crippen LogP contribution in [-0.2, 0) is 6.42 Å². The maximum Gasteiger partial charge on any atom is 0.269 e. The molecule has 1 aliphatic heterocycles. The number of nitro benzene ring substituents is 1. The van der Waals surface area contributed by atoms with Gasteiger partial charge in [-0.3, -0.25) is 10.1 Å². The predicted molar refractivity (Wildman–Crippen MR) is 65.6 cm³/mol. The van der Waals surface area contributed by atoms with Crippen molar-refractivity contribution in [1.82, 2.24) is 0 Å². The largest absolute Gasteiger partial charge is 0.327 e. The Hall–Kier alpha value is -1.07. The van der Waals surface area contributed by atoms with Crippen LogP contribution >= 0.6 is 11.8 Å². The van der Waals surface area contributed by atoms with Crippen LogP contribution in [0.4, 0.5) is 5.69 Å². The van der Waals surface area contributed by atoms with Crippen LogP contribution in [0.3, 0.4) is 0 Å². The minimum Gasteiger partial charge on any atom is -0.327 e. The average Bonchev–Trinajstić information content (AvgIpc) is 2.65. The van der Waals surface area contributed by atoms with E-state index in [4.69, 9.17) is 5.73 Å². The van der Waals surface area contributed by atoms with Gasteiger partial charge >= 0.3 is 0 Å². The molecule has 86 valence electrons. The first-order valence-electron chi connectivity index (χ1n) is 5.23. The second-order valence-electron chi connectivity index (χ2n) is 4.09. The van der Waals surface area contributed by atoms with Crippen molar-refractivity contribution in [1.29, 1.82) is 0 Å². The fourth-order valence-corrected chi connectivity index (χ4v) is 3.23. The molecule has 1 aromatic rings. The van der Waals surface area contributed by atoms with E-state index in [9.17, 15) is 10.1 Å². The van der Waals surface area contributed by atoms with E-state index >= 15 is 0 Å². The lowest BCUT2D eigenvalue weighted by Gasteiger charge is -2.13. The normalized spacial score (nSPS) is 24.6. The van der Waals surface area contributed by atoms with Crippen LogP contribution in [0.15, 0.2) is 24.3 Å². The molecule has 4 nitrogen and oxygen atoms in total. The molecule has 2 N–H and O–H groups in total. The number of hydrogen-bond acceptors (Lipinski definition) is 4. The lowest BCUT2D eigenvalue weighted by molar-refractivity contribution is -0.384. The lowest BCUT2D eigenvalue weighted by atomic mass is 9.95. The van der Waals surface area contributed by atoms with Gasteiger partial charge < -0.3 is 5.73 Å². The molecule has 0 bridgehead atoms. The number of nitrogens with zero attached hydrogens (tertiary/aromatic N) is 1. The number of hydrogen-bond donors (Lipinski definition) is 1. The molecular weight excluding hydrogens is 224 g/mol. The summed E-state index contributed by atoms with van der Waals surface area (Å²) in [7, 11) is 0. The standard InChI is InChI=1S/C11H14N2O2S/c12-11-7-16-6-9(11)5-8-1-3-10(4-2-8)13(14)15/h1-4,9,11H,5-7,12H2. The van der Waals surface area contributed by atoms with Crippen LogP contribution in [0, 0.1) is 16.0 Å². The smallest absolute Gasteiger partial charge is 0.269 e. The van der Waals surface area contributed by atoms with Crippen LogP contribution in [0.5, 0.6) is 0 Å². The Kier molecular flexibility index (Phi) is 3.46. The van der Waals surface area contributed by atoms with E-state index in [1.807, 2.05) is 23.9 Å². The van der Waals surface area contributed by atoms with Crippen molar-refractivity contribution in [3.63, 3.8) is 0 Å². The molecular formula is C11H14N2O2S. The Morgan fingerprint density at radius 2 is 2.06 bits per heavy atom. The molecule has 0 spiro atoms. The van der Waals surface area contributed by atoms with E-state index in [1.165, 1.54) is 0 Å². The second-order valence-corrected chi connectivity index (χ2v) is 5.16. The van der Waals surface area contributed by atoms with Crippen molar-refractivity contribution in [2.75, 3.05) is 11.5 Å². The van der Waals surface area contributed by atoms with Gasteiger partial charge in [-0.05, 0) is 23.7 Å². The van der Waals surface area contributed by atoms with Gasteiger partial charge in [0.1, 0.15) is 0 Å². The first-order valence-corrected chi connectivity index (χ1v) is 6.39. The molecule has 2 unspecified atom stereocenters. The zero-order valence-electron chi connectivity index (χ0n) is 8.83. The maximum atomic E-state index is 10.5. The van der Waals surface area contributed by atoms with Gasteiger partial charge in [0.15, 0.2) is 0 Å². The molecule has 0 saturated carbocycles. The SMILES string of the molecule is NC1CSCC1Cc1ccc([N+](=O)[O-])cc1. The summed E-state index contributed by atoms with van der Waals surface area (Å²) in [4.78, 5) is 10.1. The molecule has 0 aromatic heterocycles. The van der Waals surface area contributed by atoms with Crippen LogP contribution < -0.4 is 5.73 Å². The molecule has 1 saturated heterocycles. The molecule has 1 aliphatic rings. The molecule has 0 radical (unpaired) electrons. The molecule has 0 amide bonds. The highest BCUT2D eigenvalue weighted by atomic mass is 32.2. The highest BCUT2D eigenvalue weighted by Crippen LogP contribution is 2.26. The molecule has 0 aliphatic carbocycles. The van der Waals surface area contributed by atoms with Crippen LogP contribution in [0.25, 0.3) is 0 Å². The first-order chi connectivity index (χ1) is 7.66. The molecule has 2 rings (SSSR count). The summed E-state index contributed by atoms with van der Waals surface area (Å²) >= 11 is 1.88. The highest BCUT2D eigenvalue weighted by Gasteiger charge is 2.24. The zero-order chi connectivity index (χ0) is 11.5. The summed E-state index contributed by atoms with van der Waals surface area (Å²) < 4.78 is 0. The first kappa shape index (κ1) is 11.4. The van der Waals surface area contributed by atoms with E-state index in [0.717, 1.165) is 23.5 Å². The Labute approximate surface area is 98.4 Å². The quantitative estimate of drug-likeness (QED) is 0.644. The Balaban J connectivity index is 2.02. The third-order valence-electron chi connectivity index (χ3n) is 2.89. The molecule has 16 heavy (non-hydrogen) atoms. The summed E-state index contributed by atoms with van der Waals surface area (Å²) in [5, 5.41) is 10.5. The third-order valence-corrected chi connectivity index (χ3v) is 4.18. The number of rotatable bonds is 3. The predicted octanol–water partition coefficient (Wildman–Crippen LogP) is 1.83. The molecule has 1 heterocycles. The number of thioether (sulfide) groups is 1. The Morgan fingerprint density at radius 1 is 1.38 bits per heavy atom. The summed E-state index contributed by atoms with van der Waals surface area (Å²) in [5.41, 5.74) is 7.26. The van der Waals surface area contributed by atoms with E-state index in [2.05, 4.69) is 0 Å². The van der Waals surface area contributed by atoms with Gasteiger partial charge in [-0.2, -0.15) is 11.8 Å². The van der Waals surface area contributed by atoms with Gasteiger partial charge in [-0.25, -0.2) is 0 Å². The van der Waals surface area contributed by atoms with Crippen molar-refractivity contribution in [3.05, 3.63) is 39.9 Å². The topological polar surface area (TPSA) is 69.2 Å². The van der Waals surface area contributed by atoms with Crippen LogP contribution in [-0.4, -0.2) is 22.5 Å². The lowest BCUT2D eigenvalue weighted by Crippen LogP contribution is -2.29. The van der Waals surface area contributed by atoms with Crippen molar-refractivity contribution < 1.29 is 4.92 Å². The molecule has 5 heteroatoms. The number of nitro groups is 1. The minimum absolute atomic E-state index is 0.147. The number of benzene rings is 1. The summed E-state index contributed by atoms with van der Waals surface area (Å²) in [6.07, 6.45) is 0.923. The summed E-state index contributed by atoms with van der Waals surface area (Å²) in [5.74, 6) is 2.63. The van der Waals surface area contributed by atoms with E-state index in [1.54, 1.807) is 12.1 Å². The molecule has 2 atom stereocenters. The third kappa shape index (κ3) is 2.54. The molecule has 1 aromatic carbocycles. The minimum atomic E-state index is -0.374. The van der Waals surface area contributed by atoms with Gasteiger partial charge in [0.2, 0.25) is 0 Å². The fraction of sp³-hybridized carbons (Fsp3) is 0.455. The molecule has 1 fully saturated rings. The Bertz CT molecular complexity index is 380. The van der Waals surface area contributed by atoms with E-state index < -0.39 is 0 Å². The summed E-state index contributed by atoms with van der Waals surface area (Å²) in [6, 6.07) is 7.04. The van der Waals surface area contributed by atoms with Crippen molar-refractivity contribution in [3.8, 4) is 0 Å². The van der Waals surface area contributed by atoms with Gasteiger partial charge in [-0.1, -0.05) is 12.1 Å². The summed E-state index contributed by atoms with van der Waals surface area (Å²) in [6.45, 7) is 0. The monoisotopic (exact) mass is 238 g/mol. The fourth-order valence-electron chi connectivity index (χ4n) is 1.88. The van der Waals surface area contributed by atoms with Gasteiger partial charge in [0.25, 0.3) is 5.69 Å². The second kappa shape index (κ2) is 4.84. The zero-order valence-corrected chi connectivity index (χ0v) is 9.65. The number of non-ortho nitro benzene ring substituents is 1. The highest BCUT2D eigenvalue weighted by molar-refractivity contribution is 7.99. The van der Waals surface area contributed by atoms with Crippen molar-refractivity contribution >= 4 is 17.4 Å². The van der Waals surface area contributed by atoms with Gasteiger partial charge in [-0.15, -0.1) is 0 Å². The van der Waals surface area contributed by atoms with Crippen LogP contribution in [0.2, 0.25) is 0 Å². The average molecular weight is 238 g/mol. The van der Waals surface area contributed by atoms with Crippen LogP contribution in [0.1, 0.15) is 5.56 Å². The van der Waals surface area contributed by atoms with Gasteiger partial charge in [0, 0.05) is 23.9 Å². The van der Waals surface area contributed by atoms with E-state index in [0.29, 0.717) is 5.92 Å².